The molecular formula is C14H20N2O4. The molecule has 1 aliphatic heterocycles. The van der Waals surface area contributed by atoms with Crippen LogP contribution in [0.2, 0.25) is 0 Å². The largest absolute Gasteiger partial charge is 0.478 e. The molecule has 1 unspecified atom stereocenters. The molecule has 20 heavy (non-hydrogen) atoms. The molecule has 3 N–H and O–H groups in total. The van der Waals surface area contributed by atoms with Gasteiger partial charge in [0, 0.05) is 32.8 Å². The minimum absolute atomic E-state index is 0.168. The van der Waals surface area contributed by atoms with Crippen LogP contribution in [-0.2, 0) is 9.53 Å². The molecule has 1 aromatic carbocycles. The minimum atomic E-state index is -0.922. The number of carboxylic acid groups (broad SMARTS) is 1. The Labute approximate surface area is 118 Å². The monoisotopic (exact) mass is 280 g/mol. The number of benzene rings is 1. The third-order valence-electron chi connectivity index (χ3n) is 2.66. The molecule has 0 saturated carbocycles. The fraction of sp³-hybridized carbons (Fsp3) is 0.357. The van der Waals surface area contributed by atoms with Gasteiger partial charge in [-0.1, -0.05) is 30.3 Å². The quantitative estimate of drug-likeness (QED) is 0.718. The number of aliphatic carboxylic acids is 1. The van der Waals surface area contributed by atoms with Gasteiger partial charge in [-0.15, -0.1) is 0 Å². The lowest BCUT2D eigenvalue weighted by atomic mass is 10.2. The van der Waals surface area contributed by atoms with Crippen LogP contribution >= 0.6 is 0 Å². The van der Waals surface area contributed by atoms with Crippen LogP contribution in [-0.4, -0.2) is 54.3 Å². The van der Waals surface area contributed by atoms with E-state index in [0.29, 0.717) is 13.1 Å². The predicted octanol–water partition coefficient (Wildman–Crippen LogP) is 1.04. The third kappa shape index (κ3) is 6.44. The van der Waals surface area contributed by atoms with E-state index >= 15 is 0 Å². The number of nitrogens with one attached hydrogen (secondary N) is 1. The summed E-state index contributed by atoms with van der Waals surface area (Å²) < 4.78 is 4.92. The molecule has 1 saturated heterocycles. The first-order valence-corrected chi connectivity index (χ1v) is 6.28. The Morgan fingerprint density at radius 1 is 1.45 bits per heavy atom. The Bertz CT molecular complexity index is 422. The van der Waals surface area contributed by atoms with E-state index in [0.717, 1.165) is 18.2 Å². The molecular weight excluding hydrogens is 260 g/mol. The lowest BCUT2D eigenvalue weighted by Crippen LogP contribution is -2.50. The van der Waals surface area contributed by atoms with Crippen molar-refractivity contribution in [2.24, 2.45) is 0 Å². The lowest BCUT2D eigenvalue weighted by Gasteiger charge is -2.29. The first-order chi connectivity index (χ1) is 9.63. The average molecular weight is 280 g/mol. The van der Waals surface area contributed by atoms with Gasteiger partial charge in [-0.2, -0.15) is 5.06 Å². The normalized spacial score (nSPS) is 19.4. The van der Waals surface area contributed by atoms with Gasteiger partial charge in [-0.3, -0.25) is 0 Å². The molecule has 0 bridgehead atoms. The molecule has 0 aromatic heterocycles. The number of methoxy groups -OCH3 is 1. The summed E-state index contributed by atoms with van der Waals surface area (Å²) in [4.78, 5) is 10.1. The van der Waals surface area contributed by atoms with Gasteiger partial charge in [0.25, 0.3) is 0 Å². The van der Waals surface area contributed by atoms with Crippen molar-refractivity contribution in [2.75, 3.05) is 26.7 Å². The number of hydroxylamine groups is 2. The van der Waals surface area contributed by atoms with Gasteiger partial charge in [0.05, 0.1) is 0 Å². The Morgan fingerprint density at radius 3 is 2.65 bits per heavy atom. The van der Waals surface area contributed by atoms with Gasteiger partial charge >= 0.3 is 5.97 Å². The maximum absolute atomic E-state index is 10.1. The molecule has 1 heterocycles. The highest BCUT2D eigenvalue weighted by atomic mass is 16.6. The lowest BCUT2D eigenvalue weighted by molar-refractivity contribution is -0.214. The molecule has 2 rings (SSSR count). The maximum atomic E-state index is 10.1. The number of nitrogens with zero attached hydrogens (tertiary/aromatic N) is 1. The molecule has 1 aliphatic rings. The molecule has 0 spiro atoms. The van der Waals surface area contributed by atoms with Crippen molar-refractivity contribution in [3.05, 3.63) is 42.0 Å². The van der Waals surface area contributed by atoms with E-state index in [1.54, 1.807) is 13.2 Å². The van der Waals surface area contributed by atoms with Crippen molar-refractivity contribution in [2.45, 2.75) is 6.23 Å². The van der Waals surface area contributed by atoms with Gasteiger partial charge in [0.15, 0.2) is 0 Å². The van der Waals surface area contributed by atoms with E-state index in [4.69, 9.17) is 15.1 Å². The van der Waals surface area contributed by atoms with Crippen molar-refractivity contribution in [3.63, 3.8) is 0 Å². The summed E-state index contributed by atoms with van der Waals surface area (Å²) in [5, 5.41) is 21.6. The Hall–Kier alpha value is -1.73. The molecule has 0 aliphatic carbocycles. The van der Waals surface area contributed by atoms with E-state index in [-0.39, 0.29) is 6.23 Å². The van der Waals surface area contributed by atoms with Crippen molar-refractivity contribution >= 4 is 12.0 Å². The first kappa shape index (κ1) is 16.3. The number of carbonyl (C=O) groups is 1. The maximum Gasteiger partial charge on any atom is 0.328 e. The number of rotatable bonds is 3. The Kier molecular flexibility index (Phi) is 7.52. The number of hydrogen-bond acceptors (Lipinski definition) is 5. The van der Waals surface area contributed by atoms with Crippen molar-refractivity contribution in [3.8, 4) is 0 Å². The molecule has 6 nitrogen and oxygen atoms in total. The highest BCUT2D eigenvalue weighted by Crippen LogP contribution is 2.00. The van der Waals surface area contributed by atoms with E-state index in [1.165, 1.54) is 5.06 Å². The van der Waals surface area contributed by atoms with Gasteiger partial charge in [-0.05, 0) is 11.6 Å². The molecule has 0 amide bonds. The Balaban J connectivity index is 0.000000204. The van der Waals surface area contributed by atoms with E-state index in [9.17, 15) is 4.79 Å². The van der Waals surface area contributed by atoms with Crippen LogP contribution in [0, 0.1) is 0 Å². The average Bonchev–Trinajstić information content (AvgIpc) is 2.47. The number of piperazine rings is 1. The van der Waals surface area contributed by atoms with Crippen LogP contribution in [0.25, 0.3) is 6.08 Å². The van der Waals surface area contributed by atoms with Gasteiger partial charge < -0.3 is 20.4 Å². The number of ether oxygens (including phenoxy) is 1. The fourth-order valence-electron chi connectivity index (χ4n) is 1.61. The van der Waals surface area contributed by atoms with E-state index in [1.807, 2.05) is 30.3 Å². The van der Waals surface area contributed by atoms with Crippen molar-refractivity contribution < 1.29 is 19.8 Å². The highest BCUT2D eigenvalue weighted by Gasteiger charge is 2.18. The summed E-state index contributed by atoms with van der Waals surface area (Å²) in [6, 6.07) is 9.31. The Morgan fingerprint density at radius 2 is 2.15 bits per heavy atom. The summed E-state index contributed by atoms with van der Waals surface area (Å²) in [5.74, 6) is -0.922. The van der Waals surface area contributed by atoms with E-state index < -0.39 is 5.97 Å². The van der Waals surface area contributed by atoms with Gasteiger partial charge in [0.2, 0.25) is 0 Å². The van der Waals surface area contributed by atoms with Gasteiger partial charge in [-0.25, -0.2) is 4.79 Å². The second kappa shape index (κ2) is 9.22. The summed E-state index contributed by atoms with van der Waals surface area (Å²) >= 11 is 0. The van der Waals surface area contributed by atoms with Crippen LogP contribution in [0.4, 0.5) is 0 Å². The number of hydrogen-bond donors (Lipinski definition) is 3. The smallest absolute Gasteiger partial charge is 0.328 e. The second-order valence-corrected chi connectivity index (χ2v) is 4.14. The van der Waals surface area contributed by atoms with Crippen LogP contribution in [0.5, 0.6) is 0 Å². The van der Waals surface area contributed by atoms with Crippen LogP contribution in [0.15, 0.2) is 36.4 Å². The third-order valence-corrected chi connectivity index (χ3v) is 2.66. The van der Waals surface area contributed by atoms with Crippen molar-refractivity contribution in [1.82, 2.24) is 10.4 Å². The minimum Gasteiger partial charge on any atom is -0.478 e. The summed E-state index contributed by atoms with van der Waals surface area (Å²) in [5.41, 5.74) is 0.898. The zero-order chi connectivity index (χ0) is 14.8. The molecule has 110 valence electrons. The zero-order valence-corrected chi connectivity index (χ0v) is 11.4. The SMILES string of the molecule is COC1CNCCN1O.O=C(O)C=Cc1ccccc1. The topological polar surface area (TPSA) is 82.0 Å². The standard InChI is InChI=1S/C9H8O2.C5H12N2O2/c10-9(11)7-6-8-4-2-1-3-5-8;1-9-5-4-6-2-3-7(5)8/h1-7H,(H,10,11);5-6,8H,2-4H2,1H3. The summed E-state index contributed by atoms with van der Waals surface area (Å²) in [6.07, 6.45) is 2.51. The molecule has 0 radical (unpaired) electrons. The second-order valence-electron chi connectivity index (χ2n) is 4.14. The summed E-state index contributed by atoms with van der Waals surface area (Å²) in [6.45, 7) is 2.17. The first-order valence-electron chi connectivity index (χ1n) is 6.28. The predicted molar refractivity (Wildman–Crippen MR) is 75.3 cm³/mol. The van der Waals surface area contributed by atoms with E-state index in [2.05, 4.69) is 5.32 Å². The molecule has 1 fully saturated rings. The molecule has 1 atom stereocenters. The fourth-order valence-corrected chi connectivity index (χ4v) is 1.61. The molecule has 6 heteroatoms. The van der Waals surface area contributed by atoms with Crippen LogP contribution in [0.3, 0.4) is 0 Å². The highest BCUT2D eigenvalue weighted by molar-refractivity contribution is 5.85. The van der Waals surface area contributed by atoms with Crippen LogP contribution in [0.1, 0.15) is 5.56 Å². The van der Waals surface area contributed by atoms with Crippen LogP contribution < -0.4 is 5.32 Å². The number of carboxylic acids is 1. The zero-order valence-electron chi connectivity index (χ0n) is 11.4. The van der Waals surface area contributed by atoms with Crippen molar-refractivity contribution in [1.29, 1.82) is 0 Å². The molecule has 1 aromatic rings. The summed E-state index contributed by atoms with van der Waals surface area (Å²) in [7, 11) is 1.58. The van der Waals surface area contributed by atoms with Gasteiger partial charge in [0.1, 0.15) is 6.23 Å².